The molecule has 1 rings (SSSR count). The van der Waals surface area contributed by atoms with Gasteiger partial charge in [-0.1, -0.05) is 6.07 Å². The minimum Gasteiger partial charge on any atom is -0.480 e. The lowest BCUT2D eigenvalue weighted by Gasteiger charge is -2.23. The average Bonchev–Trinajstić information content (AvgIpc) is 2.76. The van der Waals surface area contributed by atoms with Crippen molar-refractivity contribution in [2.24, 2.45) is 0 Å². The van der Waals surface area contributed by atoms with Gasteiger partial charge < -0.3 is 10.4 Å². The highest BCUT2D eigenvalue weighted by Gasteiger charge is 2.30. The quantitative estimate of drug-likeness (QED) is 0.584. The second kappa shape index (κ2) is 6.27. The number of aliphatic carboxylic acids is 1. The number of hydrogen-bond acceptors (Lipinski definition) is 4. The largest absolute Gasteiger partial charge is 0.480 e. The van der Waals surface area contributed by atoms with Gasteiger partial charge in [0.1, 0.15) is 5.54 Å². The van der Waals surface area contributed by atoms with E-state index in [1.807, 2.05) is 6.07 Å². The van der Waals surface area contributed by atoms with Gasteiger partial charge in [0, 0.05) is 0 Å². The second-order valence-corrected chi connectivity index (χ2v) is 6.11. The van der Waals surface area contributed by atoms with Crippen LogP contribution in [0.25, 0.3) is 0 Å². The molecule has 0 aromatic carbocycles. The zero-order chi connectivity index (χ0) is 12.0. The normalized spacial score (nSPS) is 14.6. The van der Waals surface area contributed by atoms with E-state index in [9.17, 15) is 4.79 Å². The van der Waals surface area contributed by atoms with Crippen molar-refractivity contribution in [1.82, 2.24) is 5.32 Å². The number of hydrogen-bond donors (Lipinski definition) is 2. The first-order valence-corrected chi connectivity index (χ1v) is 7.03. The Bertz CT molecular complexity index is 327. The maximum Gasteiger partial charge on any atom is 0.323 e. The molecule has 1 unspecified atom stereocenters. The predicted octanol–water partition coefficient (Wildman–Crippen LogP) is 2.68. The Morgan fingerprint density at radius 2 is 2.44 bits per heavy atom. The van der Waals surface area contributed by atoms with Crippen LogP contribution in [0, 0.1) is 0 Å². The Morgan fingerprint density at radius 3 is 2.94 bits per heavy atom. The van der Waals surface area contributed by atoms with Gasteiger partial charge in [0.25, 0.3) is 0 Å². The summed E-state index contributed by atoms with van der Waals surface area (Å²) in [5.41, 5.74) is -0.796. The summed E-state index contributed by atoms with van der Waals surface area (Å²) >= 11 is 3.51. The van der Waals surface area contributed by atoms with Crippen molar-refractivity contribution in [3.63, 3.8) is 0 Å². The van der Waals surface area contributed by atoms with E-state index in [1.54, 1.807) is 37.1 Å². The number of carbonyl (C=O) groups is 1. The van der Waals surface area contributed by atoms with Crippen LogP contribution in [0.4, 0.5) is 0 Å². The summed E-state index contributed by atoms with van der Waals surface area (Å²) in [7, 11) is 1.69. The van der Waals surface area contributed by atoms with E-state index < -0.39 is 11.5 Å². The van der Waals surface area contributed by atoms with Crippen molar-refractivity contribution < 1.29 is 9.90 Å². The lowest BCUT2D eigenvalue weighted by atomic mass is 9.97. The molecule has 0 radical (unpaired) electrons. The first-order chi connectivity index (χ1) is 7.58. The van der Waals surface area contributed by atoms with Crippen LogP contribution in [0.5, 0.6) is 0 Å². The lowest BCUT2D eigenvalue weighted by Crippen LogP contribution is -2.47. The van der Waals surface area contributed by atoms with Crippen LogP contribution in [-0.4, -0.2) is 29.4 Å². The van der Waals surface area contributed by atoms with Crippen molar-refractivity contribution in [1.29, 1.82) is 0 Å². The smallest absolute Gasteiger partial charge is 0.323 e. The van der Waals surface area contributed by atoms with E-state index in [0.29, 0.717) is 6.42 Å². The second-order valence-electron chi connectivity index (χ2n) is 3.77. The summed E-state index contributed by atoms with van der Waals surface area (Å²) in [4.78, 5) is 11.0. The van der Waals surface area contributed by atoms with Gasteiger partial charge in [-0.25, -0.2) is 0 Å². The zero-order valence-electron chi connectivity index (χ0n) is 9.53. The molecule has 0 aliphatic carbocycles. The molecule has 0 fully saturated rings. The van der Waals surface area contributed by atoms with E-state index >= 15 is 0 Å². The number of carboxylic acid groups (broad SMARTS) is 1. The summed E-state index contributed by atoms with van der Waals surface area (Å²) in [6.45, 7) is 1.73. The summed E-state index contributed by atoms with van der Waals surface area (Å²) in [5.74, 6) is 0.182. The third-order valence-electron chi connectivity index (χ3n) is 2.58. The minimum absolute atomic E-state index is 0.650. The van der Waals surface area contributed by atoms with Gasteiger partial charge in [-0.3, -0.25) is 4.79 Å². The van der Waals surface area contributed by atoms with Crippen molar-refractivity contribution >= 4 is 29.1 Å². The summed E-state index contributed by atoms with van der Waals surface area (Å²) in [6, 6.07) is 4.12. The van der Waals surface area contributed by atoms with Gasteiger partial charge in [-0.2, -0.15) is 0 Å². The van der Waals surface area contributed by atoms with Gasteiger partial charge in [-0.15, -0.1) is 23.1 Å². The van der Waals surface area contributed by atoms with Crippen molar-refractivity contribution in [2.75, 3.05) is 12.8 Å². The van der Waals surface area contributed by atoms with Crippen LogP contribution in [0.3, 0.4) is 0 Å². The van der Waals surface area contributed by atoms with Crippen LogP contribution >= 0.6 is 23.1 Å². The Morgan fingerprint density at radius 1 is 1.69 bits per heavy atom. The van der Waals surface area contributed by atoms with E-state index in [4.69, 9.17) is 5.11 Å². The summed E-state index contributed by atoms with van der Waals surface area (Å²) < 4.78 is 1.29. The van der Waals surface area contributed by atoms with Gasteiger partial charge in [0.15, 0.2) is 0 Å². The first-order valence-electron chi connectivity index (χ1n) is 5.17. The van der Waals surface area contributed by atoms with Gasteiger partial charge in [0.2, 0.25) is 0 Å². The predicted molar refractivity (Wildman–Crippen MR) is 69.4 cm³/mol. The fourth-order valence-corrected chi connectivity index (χ4v) is 3.08. The fraction of sp³-hybridized carbons (Fsp3) is 0.545. The highest BCUT2D eigenvalue weighted by molar-refractivity contribution is 8.01. The first kappa shape index (κ1) is 13.5. The van der Waals surface area contributed by atoms with Crippen LogP contribution in [-0.2, 0) is 4.79 Å². The fourth-order valence-electron chi connectivity index (χ4n) is 1.28. The maximum absolute atomic E-state index is 11.0. The molecular weight excluding hydrogens is 242 g/mol. The Balaban J connectivity index is 2.26. The topological polar surface area (TPSA) is 49.3 Å². The van der Waals surface area contributed by atoms with Crippen LogP contribution in [0.1, 0.15) is 19.8 Å². The monoisotopic (exact) mass is 259 g/mol. The number of thioether (sulfide) groups is 1. The molecule has 1 aromatic heterocycles. The number of rotatable bonds is 7. The molecule has 0 saturated heterocycles. The molecular formula is C11H17NO2S2. The van der Waals surface area contributed by atoms with E-state index in [-0.39, 0.29) is 0 Å². The Labute approximate surface area is 104 Å². The SMILES string of the molecule is CNC(C)(CCCSc1cccs1)C(=O)O. The van der Waals surface area contributed by atoms with E-state index in [1.165, 1.54) is 4.21 Å². The third kappa shape index (κ3) is 3.81. The van der Waals surface area contributed by atoms with Gasteiger partial charge >= 0.3 is 5.97 Å². The minimum atomic E-state index is -0.796. The lowest BCUT2D eigenvalue weighted by molar-refractivity contribution is -0.144. The molecule has 1 aromatic rings. The average molecular weight is 259 g/mol. The molecule has 0 bridgehead atoms. The molecule has 16 heavy (non-hydrogen) atoms. The third-order valence-corrected chi connectivity index (χ3v) is 4.80. The number of carboxylic acids is 1. The molecule has 2 N–H and O–H groups in total. The van der Waals surface area contributed by atoms with E-state index in [2.05, 4.69) is 16.8 Å². The summed E-state index contributed by atoms with van der Waals surface area (Å²) in [5, 5.41) is 14.0. The molecule has 0 aliphatic heterocycles. The number of nitrogens with one attached hydrogen (secondary N) is 1. The van der Waals surface area contributed by atoms with Gasteiger partial charge in [0.05, 0.1) is 4.21 Å². The maximum atomic E-state index is 11.0. The molecule has 5 heteroatoms. The molecule has 0 saturated carbocycles. The Kier molecular flexibility index (Phi) is 5.31. The number of thiophene rings is 1. The number of likely N-dealkylation sites (N-methyl/N-ethyl adjacent to an activating group) is 1. The molecule has 1 heterocycles. The highest BCUT2D eigenvalue weighted by atomic mass is 32.2. The molecule has 90 valence electrons. The van der Waals surface area contributed by atoms with Crippen LogP contribution < -0.4 is 5.32 Å². The van der Waals surface area contributed by atoms with Gasteiger partial charge in [-0.05, 0) is 44.0 Å². The van der Waals surface area contributed by atoms with Crippen molar-refractivity contribution in [3.05, 3.63) is 17.5 Å². The molecule has 1 atom stereocenters. The van der Waals surface area contributed by atoms with Crippen molar-refractivity contribution in [2.45, 2.75) is 29.5 Å². The molecule has 0 aliphatic rings. The standard InChI is InChI=1S/C11H17NO2S2/c1-11(12-2,10(13)14)6-4-8-16-9-5-3-7-15-9/h3,5,7,12H,4,6,8H2,1-2H3,(H,13,14). The Hall–Kier alpha value is -0.520. The zero-order valence-corrected chi connectivity index (χ0v) is 11.2. The van der Waals surface area contributed by atoms with Crippen molar-refractivity contribution in [3.8, 4) is 0 Å². The van der Waals surface area contributed by atoms with Crippen LogP contribution in [0.2, 0.25) is 0 Å². The van der Waals surface area contributed by atoms with E-state index in [0.717, 1.165) is 12.2 Å². The molecule has 0 spiro atoms. The summed E-state index contributed by atoms with van der Waals surface area (Å²) in [6.07, 6.45) is 1.55. The highest BCUT2D eigenvalue weighted by Crippen LogP contribution is 2.25. The molecule has 0 amide bonds. The van der Waals surface area contributed by atoms with Crippen LogP contribution in [0.15, 0.2) is 21.7 Å². The molecule has 3 nitrogen and oxygen atoms in total.